The number of carbonyl (C=O) groups is 1. The number of carbonyl (C=O) groups excluding carboxylic acids is 1. The molecule has 3 heterocycles. The topological polar surface area (TPSA) is 73.0 Å². The molecule has 0 aliphatic carbocycles. The van der Waals surface area contributed by atoms with Gasteiger partial charge in [0.15, 0.2) is 11.0 Å². The van der Waals surface area contributed by atoms with Crippen molar-refractivity contribution in [1.29, 1.82) is 0 Å². The van der Waals surface area contributed by atoms with Crippen LogP contribution in [0.3, 0.4) is 0 Å². The first-order valence-corrected chi connectivity index (χ1v) is 8.87. The molecular weight excluding hydrogens is 332 g/mol. The first-order chi connectivity index (χ1) is 11.1. The van der Waals surface area contributed by atoms with Crippen molar-refractivity contribution in [3.8, 4) is 11.4 Å². The summed E-state index contributed by atoms with van der Waals surface area (Å²) >= 11 is 3.04. The normalized spacial score (nSPS) is 10.9. The van der Waals surface area contributed by atoms with Gasteiger partial charge in [-0.15, -0.1) is 21.5 Å². The Morgan fingerprint density at radius 2 is 2.35 bits per heavy atom. The third-order valence-corrected chi connectivity index (χ3v) is 5.08. The standard InChI is InChI=1S/C15H16N4O2S2/c1-10-6-11(8-22-10)14-17-18-15(19(14)2)23-9-13(20)16-7-12-4-3-5-21-12/h3-6,8H,7,9H2,1-2H3,(H,16,20). The first-order valence-electron chi connectivity index (χ1n) is 7.00. The largest absolute Gasteiger partial charge is 0.467 e. The van der Waals surface area contributed by atoms with Crippen molar-refractivity contribution < 1.29 is 9.21 Å². The maximum absolute atomic E-state index is 11.9. The number of rotatable bonds is 6. The number of hydrogen-bond donors (Lipinski definition) is 1. The fraction of sp³-hybridized carbons (Fsp3) is 0.267. The lowest BCUT2D eigenvalue weighted by Gasteiger charge is -2.04. The van der Waals surface area contributed by atoms with Crippen LogP contribution in [0.15, 0.2) is 39.4 Å². The molecule has 0 radical (unpaired) electrons. The predicted octanol–water partition coefficient (Wildman–Crippen LogP) is 2.85. The highest BCUT2D eigenvalue weighted by molar-refractivity contribution is 7.99. The molecule has 6 nitrogen and oxygen atoms in total. The molecule has 0 saturated carbocycles. The van der Waals surface area contributed by atoms with Crippen LogP contribution in [-0.2, 0) is 18.4 Å². The van der Waals surface area contributed by atoms with Crippen molar-refractivity contribution in [2.24, 2.45) is 7.05 Å². The quantitative estimate of drug-likeness (QED) is 0.694. The average Bonchev–Trinajstić information content (AvgIpc) is 3.25. The van der Waals surface area contributed by atoms with E-state index in [0.29, 0.717) is 6.54 Å². The summed E-state index contributed by atoms with van der Waals surface area (Å²) in [6.07, 6.45) is 1.59. The van der Waals surface area contributed by atoms with E-state index >= 15 is 0 Å². The molecule has 0 spiro atoms. The van der Waals surface area contributed by atoms with Gasteiger partial charge >= 0.3 is 0 Å². The van der Waals surface area contributed by atoms with Crippen molar-refractivity contribution in [2.75, 3.05) is 5.75 Å². The Morgan fingerprint density at radius 3 is 3.04 bits per heavy atom. The summed E-state index contributed by atoms with van der Waals surface area (Å²) in [5.41, 5.74) is 1.05. The van der Waals surface area contributed by atoms with E-state index in [0.717, 1.165) is 22.3 Å². The second-order valence-corrected chi connectivity index (χ2v) is 7.01. The van der Waals surface area contributed by atoms with Crippen LogP contribution < -0.4 is 5.32 Å². The van der Waals surface area contributed by atoms with Crippen molar-refractivity contribution in [3.05, 3.63) is 40.5 Å². The van der Waals surface area contributed by atoms with Gasteiger partial charge in [0.25, 0.3) is 0 Å². The molecule has 3 aromatic rings. The van der Waals surface area contributed by atoms with Gasteiger partial charge in [0.1, 0.15) is 5.76 Å². The van der Waals surface area contributed by atoms with E-state index in [2.05, 4.69) is 33.9 Å². The fourth-order valence-corrected chi connectivity index (χ4v) is 3.45. The molecule has 3 aromatic heterocycles. The molecule has 0 bridgehead atoms. The molecule has 120 valence electrons. The molecule has 1 amide bonds. The Bertz CT molecular complexity index is 792. The van der Waals surface area contributed by atoms with Crippen molar-refractivity contribution in [3.63, 3.8) is 0 Å². The van der Waals surface area contributed by atoms with Gasteiger partial charge in [0.2, 0.25) is 5.91 Å². The predicted molar refractivity (Wildman–Crippen MR) is 90.3 cm³/mol. The van der Waals surface area contributed by atoms with Crippen LogP contribution in [0.5, 0.6) is 0 Å². The van der Waals surface area contributed by atoms with Crippen molar-refractivity contribution >= 4 is 29.0 Å². The number of nitrogens with zero attached hydrogens (tertiary/aromatic N) is 3. The van der Waals surface area contributed by atoms with Crippen molar-refractivity contribution in [2.45, 2.75) is 18.6 Å². The van der Waals surface area contributed by atoms with Gasteiger partial charge in [-0.1, -0.05) is 11.8 Å². The summed E-state index contributed by atoms with van der Waals surface area (Å²) in [5, 5.41) is 14.0. The molecule has 3 rings (SSSR count). The van der Waals surface area contributed by atoms with E-state index in [9.17, 15) is 4.79 Å². The lowest BCUT2D eigenvalue weighted by Crippen LogP contribution is -2.24. The summed E-state index contributed by atoms with van der Waals surface area (Å²) in [5.74, 6) is 1.77. The van der Waals surface area contributed by atoms with Crippen LogP contribution in [0.4, 0.5) is 0 Å². The zero-order valence-electron chi connectivity index (χ0n) is 12.8. The zero-order chi connectivity index (χ0) is 16.2. The zero-order valence-corrected chi connectivity index (χ0v) is 14.4. The number of nitrogens with one attached hydrogen (secondary N) is 1. The number of thioether (sulfide) groups is 1. The smallest absolute Gasteiger partial charge is 0.230 e. The summed E-state index contributed by atoms with van der Waals surface area (Å²) in [6.45, 7) is 2.45. The van der Waals surface area contributed by atoms with Gasteiger partial charge in [-0.2, -0.15) is 0 Å². The molecule has 1 N–H and O–H groups in total. The third kappa shape index (κ3) is 3.83. The molecule has 0 saturated heterocycles. The van der Waals surface area contributed by atoms with Crippen molar-refractivity contribution in [1.82, 2.24) is 20.1 Å². The highest BCUT2D eigenvalue weighted by atomic mass is 32.2. The number of amides is 1. The van der Waals surface area contributed by atoms with E-state index in [-0.39, 0.29) is 11.7 Å². The van der Waals surface area contributed by atoms with E-state index in [4.69, 9.17) is 4.42 Å². The first kappa shape index (κ1) is 15.8. The van der Waals surface area contributed by atoms with Crippen LogP contribution in [0.25, 0.3) is 11.4 Å². The van der Waals surface area contributed by atoms with Crippen LogP contribution in [0.2, 0.25) is 0 Å². The maximum atomic E-state index is 11.9. The highest BCUT2D eigenvalue weighted by Gasteiger charge is 2.13. The molecule has 0 aliphatic rings. The Hall–Kier alpha value is -2.06. The monoisotopic (exact) mass is 348 g/mol. The van der Waals surface area contributed by atoms with E-state index in [1.165, 1.54) is 16.6 Å². The van der Waals surface area contributed by atoms with E-state index in [1.807, 2.05) is 17.7 Å². The Kier molecular flexibility index (Phi) is 4.82. The van der Waals surface area contributed by atoms with Gasteiger partial charge in [-0.3, -0.25) is 4.79 Å². The van der Waals surface area contributed by atoms with Gasteiger partial charge in [0.05, 0.1) is 18.6 Å². The number of hydrogen-bond acceptors (Lipinski definition) is 6. The maximum Gasteiger partial charge on any atom is 0.230 e. The SMILES string of the molecule is Cc1cc(-c2nnc(SCC(=O)NCc3ccco3)n2C)cs1. The Labute approximate surface area is 141 Å². The average molecular weight is 348 g/mol. The van der Waals surface area contributed by atoms with Crippen LogP contribution >= 0.6 is 23.1 Å². The molecule has 23 heavy (non-hydrogen) atoms. The van der Waals surface area contributed by atoms with Crippen LogP contribution in [0, 0.1) is 6.92 Å². The lowest BCUT2D eigenvalue weighted by atomic mass is 10.3. The number of aryl methyl sites for hydroxylation is 1. The fourth-order valence-electron chi connectivity index (χ4n) is 2.03. The van der Waals surface area contributed by atoms with Gasteiger partial charge in [-0.05, 0) is 25.1 Å². The van der Waals surface area contributed by atoms with E-state index in [1.54, 1.807) is 23.7 Å². The second-order valence-electron chi connectivity index (χ2n) is 4.96. The third-order valence-electron chi connectivity index (χ3n) is 3.20. The number of furan rings is 1. The minimum Gasteiger partial charge on any atom is -0.467 e. The van der Waals surface area contributed by atoms with E-state index < -0.39 is 0 Å². The minimum atomic E-state index is -0.0673. The molecule has 8 heteroatoms. The van der Waals surface area contributed by atoms with Gasteiger partial charge in [-0.25, -0.2) is 0 Å². The number of thiophene rings is 1. The summed E-state index contributed by atoms with van der Waals surface area (Å²) in [6, 6.07) is 5.70. The molecular formula is C15H16N4O2S2. The Morgan fingerprint density at radius 1 is 1.48 bits per heavy atom. The second kappa shape index (κ2) is 7.01. The molecule has 0 aromatic carbocycles. The van der Waals surface area contributed by atoms with Crippen LogP contribution in [-0.4, -0.2) is 26.4 Å². The summed E-state index contributed by atoms with van der Waals surface area (Å²) in [7, 11) is 1.91. The molecule has 0 atom stereocenters. The highest BCUT2D eigenvalue weighted by Crippen LogP contribution is 2.26. The van der Waals surface area contributed by atoms with Gasteiger partial charge in [0, 0.05) is 22.9 Å². The molecule has 0 aliphatic heterocycles. The molecule has 0 unspecified atom stereocenters. The Balaban J connectivity index is 1.56. The summed E-state index contributed by atoms with van der Waals surface area (Å²) < 4.78 is 7.08. The minimum absolute atomic E-state index is 0.0673. The summed E-state index contributed by atoms with van der Waals surface area (Å²) in [4.78, 5) is 13.1. The van der Waals surface area contributed by atoms with Crippen LogP contribution in [0.1, 0.15) is 10.6 Å². The molecule has 0 fully saturated rings. The van der Waals surface area contributed by atoms with Gasteiger partial charge < -0.3 is 14.3 Å². The lowest BCUT2D eigenvalue weighted by molar-refractivity contribution is -0.118. The number of aromatic nitrogens is 3.